The number of hydrogen-bond acceptors (Lipinski definition) is 6. The number of aromatic amines is 1. The summed E-state index contributed by atoms with van der Waals surface area (Å²) in [5.41, 5.74) is 1.42. The summed E-state index contributed by atoms with van der Waals surface area (Å²) >= 11 is 1.52. The van der Waals surface area contributed by atoms with Gasteiger partial charge in [0.05, 0.1) is 18.0 Å². The van der Waals surface area contributed by atoms with Crippen molar-refractivity contribution in [2.24, 2.45) is 0 Å². The van der Waals surface area contributed by atoms with Crippen LogP contribution < -0.4 is 10.6 Å². The van der Waals surface area contributed by atoms with Gasteiger partial charge in [0.1, 0.15) is 5.75 Å². The molecule has 4 N–H and O–H groups in total. The van der Waals surface area contributed by atoms with Crippen LogP contribution in [0.15, 0.2) is 47.4 Å². The standard InChI is InChI=1S/C21H24N4O4S/c1-29-20(27)18-17-15(24-25-18)10-11-16(19(17)26)30-13-7-3-6-12-22-21(28)23-14-8-4-2-5-9-14/h2,4-5,8-11,26H,3,6-7,12-13H2,1H3,(H,24,25)(H2,22,23,28). The number of esters is 1. The van der Waals surface area contributed by atoms with E-state index in [-0.39, 0.29) is 17.5 Å². The molecule has 3 rings (SSSR count). The molecule has 158 valence electrons. The molecule has 1 heterocycles. The average molecular weight is 429 g/mol. The summed E-state index contributed by atoms with van der Waals surface area (Å²) in [6.07, 6.45) is 2.74. The zero-order valence-corrected chi connectivity index (χ0v) is 17.4. The monoisotopic (exact) mass is 428 g/mol. The highest BCUT2D eigenvalue weighted by atomic mass is 32.2. The predicted octanol–water partition coefficient (Wildman–Crippen LogP) is 4.14. The number of benzene rings is 2. The number of carbonyl (C=O) groups is 2. The third-order valence-corrected chi connectivity index (χ3v) is 5.57. The van der Waals surface area contributed by atoms with Gasteiger partial charge in [0, 0.05) is 17.1 Å². The maximum absolute atomic E-state index is 11.8. The lowest BCUT2D eigenvalue weighted by molar-refractivity contribution is 0.0596. The zero-order chi connectivity index (χ0) is 21.3. The Morgan fingerprint density at radius 2 is 1.93 bits per heavy atom. The lowest BCUT2D eigenvalue weighted by Crippen LogP contribution is -2.29. The van der Waals surface area contributed by atoms with Crippen LogP contribution in [0.1, 0.15) is 29.8 Å². The molecule has 0 atom stereocenters. The van der Waals surface area contributed by atoms with E-state index < -0.39 is 5.97 Å². The summed E-state index contributed by atoms with van der Waals surface area (Å²) in [4.78, 5) is 24.3. The number of urea groups is 1. The van der Waals surface area contributed by atoms with Crippen molar-refractivity contribution in [2.45, 2.75) is 24.2 Å². The molecule has 0 aliphatic carbocycles. The van der Waals surface area contributed by atoms with Gasteiger partial charge in [-0.15, -0.1) is 11.8 Å². The van der Waals surface area contributed by atoms with Gasteiger partial charge in [0.2, 0.25) is 0 Å². The number of methoxy groups -OCH3 is 1. The molecule has 0 radical (unpaired) electrons. The lowest BCUT2D eigenvalue weighted by atomic mass is 10.2. The molecule has 3 aromatic rings. The van der Waals surface area contributed by atoms with Crippen LogP contribution in [0.4, 0.5) is 10.5 Å². The van der Waals surface area contributed by atoms with Gasteiger partial charge in [-0.1, -0.05) is 24.6 Å². The molecule has 1 aromatic heterocycles. The Labute approximate surface area is 178 Å². The van der Waals surface area contributed by atoms with Crippen molar-refractivity contribution in [1.29, 1.82) is 0 Å². The van der Waals surface area contributed by atoms with Crippen LogP contribution in [0.25, 0.3) is 10.9 Å². The zero-order valence-electron chi connectivity index (χ0n) is 16.6. The van der Waals surface area contributed by atoms with Crippen molar-refractivity contribution in [3.8, 4) is 5.75 Å². The fraction of sp³-hybridized carbons (Fsp3) is 0.286. The molecule has 0 aliphatic heterocycles. The number of para-hydroxylation sites is 1. The second-order valence-corrected chi connectivity index (χ2v) is 7.69. The molecule has 0 unspecified atom stereocenters. The van der Waals surface area contributed by atoms with Gasteiger partial charge in [-0.2, -0.15) is 5.10 Å². The molecule has 0 spiro atoms. The first-order valence-corrected chi connectivity index (χ1v) is 10.6. The normalized spacial score (nSPS) is 10.7. The molecule has 0 bridgehead atoms. The molecule has 2 amide bonds. The minimum atomic E-state index is -0.595. The Morgan fingerprint density at radius 3 is 2.70 bits per heavy atom. The van der Waals surface area contributed by atoms with Crippen LogP contribution in [0, 0.1) is 0 Å². The van der Waals surface area contributed by atoms with Crippen LogP contribution >= 0.6 is 11.8 Å². The maximum Gasteiger partial charge on any atom is 0.359 e. The van der Waals surface area contributed by atoms with E-state index in [2.05, 4.69) is 20.8 Å². The number of rotatable bonds is 9. The number of hydrogen-bond donors (Lipinski definition) is 4. The minimum absolute atomic E-state index is 0.0332. The van der Waals surface area contributed by atoms with Gasteiger partial charge < -0.3 is 20.5 Å². The number of aromatic nitrogens is 2. The quantitative estimate of drug-likeness (QED) is 0.231. The summed E-state index contributed by atoms with van der Waals surface area (Å²) < 4.78 is 4.71. The Hall–Kier alpha value is -3.20. The third kappa shape index (κ3) is 5.44. The number of fused-ring (bicyclic) bond motifs is 1. The van der Waals surface area contributed by atoms with Gasteiger partial charge in [-0.05, 0) is 42.9 Å². The molecule has 9 heteroatoms. The second kappa shape index (κ2) is 10.5. The molecule has 8 nitrogen and oxygen atoms in total. The van der Waals surface area contributed by atoms with Gasteiger partial charge in [-0.3, -0.25) is 5.10 Å². The van der Waals surface area contributed by atoms with E-state index in [9.17, 15) is 14.7 Å². The molecule has 30 heavy (non-hydrogen) atoms. The topological polar surface area (TPSA) is 116 Å². The Balaban J connectivity index is 1.39. The molecule has 0 saturated carbocycles. The third-order valence-electron chi connectivity index (χ3n) is 4.44. The number of nitrogens with one attached hydrogen (secondary N) is 3. The summed E-state index contributed by atoms with van der Waals surface area (Å²) in [6.45, 7) is 0.595. The highest BCUT2D eigenvalue weighted by Crippen LogP contribution is 2.36. The van der Waals surface area contributed by atoms with E-state index in [0.717, 1.165) is 30.7 Å². The van der Waals surface area contributed by atoms with Crippen LogP contribution in [0.3, 0.4) is 0 Å². The van der Waals surface area contributed by atoms with Gasteiger partial charge in [0.25, 0.3) is 0 Å². The number of thioether (sulfide) groups is 1. The van der Waals surface area contributed by atoms with Crippen molar-refractivity contribution < 1.29 is 19.4 Å². The number of phenolic OH excluding ortho intramolecular Hbond substituents is 1. The number of unbranched alkanes of at least 4 members (excludes halogenated alkanes) is 2. The summed E-state index contributed by atoms with van der Waals surface area (Å²) in [5, 5.41) is 23.2. The first kappa shape index (κ1) is 21.5. The number of H-pyrrole nitrogens is 1. The molecule has 0 saturated heterocycles. The van der Waals surface area contributed by atoms with Gasteiger partial charge in [-0.25, -0.2) is 9.59 Å². The summed E-state index contributed by atoms with van der Waals surface area (Å²) in [6, 6.07) is 12.7. The molecule has 0 fully saturated rings. The minimum Gasteiger partial charge on any atom is -0.506 e. The maximum atomic E-state index is 11.8. The number of amides is 2. The SMILES string of the molecule is COC(=O)c1n[nH]c2ccc(SCCCCCNC(=O)Nc3ccccc3)c(O)c12. The average Bonchev–Trinajstić information content (AvgIpc) is 3.19. The summed E-state index contributed by atoms with van der Waals surface area (Å²) in [5.74, 6) is 0.245. The predicted molar refractivity (Wildman–Crippen MR) is 117 cm³/mol. The first-order valence-electron chi connectivity index (χ1n) is 9.61. The van der Waals surface area contributed by atoms with Gasteiger partial charge >= 0.3 is 12.0 Å². The van der Waals surface area contributed by atoms with Crippen molar-refractivity contribution in [2.75, 3.05) is 24.7 Å². The number of aromatic hydroxyl groups is 1. The second-order valence-electron chi connectivity index (χ2n) is 6.55. The van der Waals surface area contributed by atoms with Crippen molar-refractivity contribution in [1.82, 2.24) is 15.5 Å². The van der Waals surface area contributed by atoms with Crippen LogP contribution in [-0.4, -0.2) is 46.7 Å². The smallest absolute Gasteiger partial charge is 0.359 e. The number of ether oxygens (including phenoxy) is 1. The van der Waals surface area contributed by atoms with Gasteiger partial charge in [0.15, 0.2) is 5.69 Å². The van der Waals surface area contributed by atoms with Crippen molar-refractivity contribution >= 4 is 40.4 Å². The fourth-order valence-corrected chi connectivity index (χ4v) is 3.89. The molecule has 2 aromatic carbocycles. The largest absolute Gasteiger partial charge is 0.506 e. The van der Waals surface area contributed by atoms with E-state index in [1.165, 1.54) is 18.9 Å². The Morgan fingerprint density at radius 1 is 1.13 bits per heavy atom. The molecular formula is C21H24N4O4S. The fourth-order valence-electron chi connectivity index (χ4n) is 2.92. The number of anilines is 1. The first-order chi connectivity index (χ1) is 14.6. The van der Waals surface area contributed by atoms with E-state index in [1.54, 1.807) is 12.1 Å². The number of nitrogens with zero attached hydrogens (tertiary/aromatic N) is 1. The van der Waals surface area contributed by atoms with E-state index in [1.807, 2.05) is 30.3 Å². The van der Waals surface area contributed by atoms with E-state index in [0.29, 0.717) is 22.3 Å². The van der Waals surface area contributed by atoms with Crippen molar-refractivity contribution in [3.05, 3.63) is 48.2 Å². The number of phenols is 1. The lowest BCUT2D eigenvalue weighted by Gasteiger charge is -2.08. The molecular weight excluding hydrogens is 404 g/mol. The Kier molecular flexibility index (Phi) is 7.56. The summed E-state index contributed by atoms with van der Waals surface area (Å²) in [7, 11) is 1.28. The van der Waals surface area contributed by atoms with Crippen LogP contribution in [0.5, 0.6) is 5.75 Å². The highest BCUT2D eigenvalue weighted by molar-refractivity contribution is 7.99. The molecule has 0 aliphatic rings. The Bertz CT molecular complexity index is 1010. The number of carbonyl (C=O) groups excluding carboxylic acids is 2. The van der Waals surface area contributed by atoms with Crippen LogP contribution in [0.2, 0.25) is 0 Å². The van der Waals surface area contributed by atoms with E-state index >= 15 is 0 Å². The van der Waals surface area contributed by atoms with Crippen molar-refractivity contribution in [3.63, 3.8) is 0 Å². The highest BCUT2D eigenvalue weighted by Gasteiger charge is 2.19. The van der Waals surface area contributed by atoms with E-state index in [4.69, 9.17) is 4.74 Å². The van der Waals surface area contributed by atoms with Crippen LogP contribution in [-0.2, 0) is 4.74 Å².